The first-order valence-corrected chi connectivity index (χ1v) is 8.75. The number of alkyl halides is 3. The van der Waals surface area contributed by atoms with Gasteiger partial charge in [0.2, 0.25) is 0 Å². The second kappa shape index (κ2) is 8.09. The Bertz CT molecular complexity index is 995. The van der Waals surface area contributed by atoms with Crippen LogP contribution in [0.5, 0.6) is 5.75 Å². The molecule has 0 spiro atoms. The van der Waals surface area contributed by atoms with E-state index in [4.69, 9.17) is 10.1 Å². The maximum atomic E-state index is 14.8. The van der Waals surface area contributed by atoms with E-state index >= 15 is 0 Å². The molecule has 3 rings (SSSR count). The van der Waals surface area contributed by atoms with Crippen molar-refractivity contribution in [1.82, 2.24) is 15.2 Å². The molecule has 0 bridgehead atoms. The number of hydrogen-bond donors (Lipinski definition) is 2. The van der Waals surface area contributed by atoms with E-state index in [2.05, 4.69) is 4.98 Å². The summed E-state index contributed by atoms with van der Waals surface area (Å²) in [6.07, 6.45) is -2.24. The SMILES string of the molecule is C[C@H]1COc2cc(C(=[NH2+])NC(=O)C(F)(F)F)cc(F)c2CN1C(=O)c1cccnc1. The van der Waals surface area contributed by atoms with E-state index in [1.54, 1.807) is 19.1 Å². The number of rotatable bonds is 2. The summed E-state index contributed by atoms with van der Waals surface area (Å²) in [5.74, 6) is -4.16. The number of amides is 2. The smallest absolute Gasteiger partial charge is 0.491 e. The first kappa shape index (κ1) is 21.2. The summed E-state index contributed by atoms with van der Waals surface area (Å²) < 4.78 is 57.6. The molecule has 1 aromatic heterocycles. The van der Waals surface area contributed by atoms with Crippen molar-refractivity contribution >= 4 is 17.6 Å². The number of ether oxygens (including phenoxy) is 1. The van der Waals surface area contributed by atoms with Gasteiger partial charge < -0.3 is 9.64 Å². The summed E-state index contributed by atoms with van der Waals surface area (Å²) in [4.78, 5) is 29.2. The van der Waals surface area contributed by atoms with Gasteiger partial charge in [0.25, 0.3) is 11.7 Å². The fraction of sp³-hybridized carbons (Fsp3) is 0.263. The lowest BCUT2D eigenvalue weighted by atomic mass is 10.1. The molecule has 2 amide bonds. The van der Waals surface area contributed by atoms with Crippen molar-refractivity contribution in [3.05, 3.63) is 59.2 Å². The van der Waals surface area contributed by atoms with Gasteiger partial charge in [-0.2, -0.15) is 13.2 Å². The number of hydrogen-bond acceptors (Lipinski definition) is 4. The Morgan fingerprint density at radius 1 is 1.30 bits per heavy atom. The number of nitrogens with one attached hydrogen (secondary N) is 1. The van der Waals surface area contributed by atoms with E-state index in [-0.39, 0.29) is 35.9 Å². The minimum absolute atomic E-state index is 0.0106. The molecular weight excluding hydrogens is 408 g/mol. The van der Waals surface area contributed by atoms with Crippen LogP contribution in [0.25, 0.3) is 0 Å². The molecule has 2 heterocycles. The molecule has 1 aliphatic rings. The van der Waals surface area contributed by atoms with E-state index < -0.39 is 29.8 Å². The predicted molar refractivity (Wildman–Crippen MR) is 95.7 cm³/mol. The first-order valence-electron chi connectivity index (χ1n) is 8.75. The molecule has 1 aromatic carbocycles. The van der Waals surface area contributed by atoms with Crippen LogP contribution in [0, 0.1) is 5.82 Å². The van der Waals surface area contributed by atoms with Crippen LogP contribution >= 0.6 is 0 Å². The van der Waals surface area contributed by atoms with Gasteiger partial charge in [0, 0.05) is 18.0 Å². The molecule has 1 atom stereocenters. The van der Waals surface area contributed by atoms with Crippen molar-refractivity contribution < 1.29 is 37.3 Å². The second-order valence-electron chi connectivity index (χ2n) is 6.64. The van der Waals surface area contributed by atoms with Crippen LogP contribution < -0.4 is 15.5 Å². The highest BCUT2D eigenvalue weighted by atomic mass is 19.4. The van der Waals surface area contributed by atoms with Gasteiger partial charge in [-0.15, -0.1) is 0 Å². The molecular formula is C19H17F4N4O3+. The van der Waals surface area contributed by atoms with E-state index in [0.717, 1.165) is 6.07 Å². The number of carbonyl (C=O) groups excluding carboxylic acids is 2. The van der Waals surface area contributed by atoms with Gasteiger partial charge in [0.05, 0.1) is 23.7 Å². The zero-order valence-electron chi connectivity index (χ0n) is 15.7. The van der Waals surface area contributed by atoms with Gasteiger partial charge in [0.1, 0.15) is 18.2 Å². The van der Waals surface area contributed by atoms with Crippen LogP contribution in [0.2, 0.25) is 0 Å². The van der Waals surface area contributed by atoms with Crippen LogP contribution in [0.15, 0.2) is 36.7 Å². The molecule has 0 radical (unpaired) electrons. The fourth-order valence-corrected chi connectivity index (χ4v) is 2.87. The van der Waals surface area contributed by atoms with Gasteiger partial charge in [-0.05, 0) is 31.2 Å². The average molecular weight is 425 g/mol. The Balaban J connectivity index is 1.88. The number of carbonyl (C=O) groups is 2. The zero-order valence-corrected chi connectivity index (χ0v) is 15.7. The number of halogens is 4. The molecule has 158 valence electrons. The summed E-state index contributed by atoms with van der Waals surface area (Å²) in [5, 5.41) is 6.98. The van der Waals surface area contributed by atoms with Gasteiger partial charge in [-0.1, -0.05) is 0 Å². The third kappa shape index (κ3) is 4.39. The van der Waals surface area contributed by atoms with Crippen molar-refractivity contribution in [2.24, 2.45) is 0 Å². The van der Waals surface area contributed by atoms with Crippen molar-refractivity contribution in [1.29, 1.82) is 0 Å². The highest BCUT2D eigenvalue weighted by molar-refractivity contribution is 6.06. The van der Waals surface area contributed by atoms with Crippen molar-refractivity contribution in [3.63, 3.8) is 0 Å². The van der Waals surface area contributed by atoms with Crippen molar-refractivity contribution in [3.8, 4) is 5.75 Å². The van der Waals surface area contributed by atoms with Crippen LogP contribution in [0.1, 0.15) is 28.4 Å². The second-order valence-corrected chi connectivity index (χ2v) is 6.64. The van der Waals surface area contributed by atoms with Gasteiger partial charge in [-0.3, -0.25) is 15.2 Å². The largest absolute Gasteiger partial charge is 0.495 e. The number of amidine groups is 1. The molecule has 0 aliphatic carbocycles. The Labute approximate surface area is 168 Å². The summed E-state index contributed by atoms with van der Waals surface area (Å²) >= 11 is 0. The quantitative estimate of drug-likeness (QED) is 0.423. The molecule has 0 saturated heterocycles. The maximum absolute atomic E-state index is 14.8. The Morgan fingerprint density at radius 3 is 2.67 bits per heavy atom. The van der Waals surface area contributed by atoms with Gasteiger partial charge in [-0.25, -0.2) is 14.5 Å². The number of aromatic nitrogens is 1. The standard InChI is InChI=1S/C19H16F4N4O3/c1-10-9-30-15-6-12(16(24)26-18(29)19(21,22)23)5-14(20)13(15)8-27(10)17(28)11-3-2-4-25-7-11/h2-7,10H,8-9H2,1H3,(H2,24,26,29)/p+1/t10-/m0/s1. The number of benzene rings is 1. The Hall–Kier alpha value is -3.50. The van der Waals surface area contributed by atoms with Gasteiger partial charge >= 0.3 is 12.1 Å². The maximum Gasteiger partial charge on any atom is 0.495 e. The van der Waals surface area contributed by atoms with Crippen LogP contribution in [0.3, 0.4) is 0 Å². The Morgan fingerprint density at radius 2 is 2.03 bits per heavy atom. The van der Waals surface area contributed by atoms with E-state index in [0.29, 0.717) is 5.56 Å². The number of nitrogens with zero attached hydrogens (tertiary/aromatic N) is 2. The van der Waals surface area contributed by atoms with Crippen LogP contribution in [-0.2, 0) is 11.3 Å². The molecule has 11 heteroatoms. The Kier molecular flexibility index (Phi) is 5.72. The lowest BCUT2D eigenvalue weighted by Crippen LogP contribution is -2.54. The minimum Gasteiger partial charge on any atom is -0.491 e. The summed E-state index contributed by atoms with van der Waals surface area (Å²) in [6, 6.07) is 4.83. The molecule has 2 aromatic rings. The third-order valence-corrected chi connectivity index (χ3v) is 4.48. The minimum atomic E-state index is -5.14. The summed E-state index contributed by atoms with van der Waals surface area (Å²) in [7, 11) is 0. The monoisotopic (exact) mass is 425 g/mol. The predicted octanol–water partition coefficient (Wildman–Crippen LogP) is 0.828. The number of pyridine rings is 1. The highest BCUT2D eigenvalue weighted by Gasteiger charge is 2.43. The van der Waals surface area contributed by atoms with E-state index in [1.807, 2.05) is 0 Å². The van der Waals surface area contributed by atoms with Gasteiger partial charge in [0.15, 0.2) is 0 Å². The average Bonchev–Trinajstić information content (AvgIpc) is 2.86. The van der Waals surface area contributed by atoms with Crippen LogP contribution in [0.4, 0.5) is 17.6 Å². The summed E-state index contributed by atoms with van der Waals surface area (Å²) in [6.45, 7) is 1.59. The first-order chi connectivity index (χ1) is 14.1. The van der Waals surface area contributed by atoms with Crippen molar-refractivity contribution in [2.45, 2.75) is 25.7 Å². The lowest BCUT2D eigenvalue weighted by Gasteiger charge is -2.26. The molecule has 0 fully saturated rings. The molecule has 30 heavy (non-hydrogen) atoms. The molecule has 0 saturated carbocycles. The lowest BCUT2D eigenvalue weighted by molar-refractivity contribution is -0.174. The third-order valence-electron chi connectivity index (χ3n) is 4.48. The van der Waals surface area contributed by atoms with Crippen LogP contribution in [-0.4, -0.2) is 46.4 Å². The normalized spacial score (nSPS) is 16.2. The molecule has 7 nitrogen and oxygen atoms in total. The van der Waals surface area contributed by atoms with E-state index in [9.17, 15) is 27.2 Å². The fourth-order valence-electron chi connectivity index (χ4n) is 2.87. The highest BCUT2D eigenvalue weighted by Crippen LogP contribution is 2.30. The zero-order chi connectivity index (χ0) is 22.1. The topological polar surface area (TPSA) is 97.1 Å². The molecule has 0 unspecified atom stereocenters. The van der Waals surface area contributed by atoms with Crippen molar-refractivity contribution in [2.75, 3.05) is 6.61 Å². The number of nitrogens with two attached hydrogens (primary N) is 1. The van der Waals surface area contributed by atoms with E-state index in [1.165, 1.54) is 28.7 Å². The summed E-state index contributed by atoms with van der Waals surface area (Å²) in [5.41, 5.74) is 0.163. The molecule has 1 aliphatic heterocycles. The molecule has 3 N–H and O–H groups in total. The number of fused-ring (bicyclic) bond motifs is 1.